The van der Waals surface area contributed by atoms with E-state index in [1.54, 1.807) is 44.6 Å². The Kier molecular flexibility index (Phi) is 6.62. The van der Waals surface area contributed by atoms with Crippen molar-refractivity contribution in [2.24, 2.45) is 5.16 Å². The van der Waals surface area contributed by atoms with Crippen LogP contribution in [0.2, 0.25) is 0 Å². The van der Waals surface area contributed by atoms with Gasteiger partial charge in [0.25, 0.3) is 5.91 Å². The van der Waals surface area contributed by atoms with E-state index in [1.807, 2.05) is 12.1 Å². The van der Waals surface area contributed by atoms with Gasteiger partial charge in [-0.2, -0.15) is 0 Å². The molecule has 126 valence electrons. The predicted octanol–water partition coefficient (Wildman–Crippen LogP) is 3.46. The fourth-order valence-corrected chi connectivity index (χ4v) is 2.29. The first-order valence-corrected chi connectivity index (χ1v) is 7.84. The summed E-state index contributed by atoms with van der Waals surface area (Å²) in [5.41, 5.74) is 1.45. The van der Waals surface area contributed by atoms with Crippen molar-refractivity contribution in [3.8, 4) is 11.5 Å². The number of benzene rings is 2. The number of rotatable bonds is 7. The van der Waals surface area contributed by atoms with Crippen LogP contribution in [0, 0.1) is 0 Å². The molecule has 0 spiro atoms. The number of hydrogen-bond donors (Lipinski definition) is 1. The van der Waals surface area contributed by atoms with Gasteiger partial charge in [-0.1, -0.05) is 27.2 Å². The van der Waals surface area contributed by atoms with Crippen LogP contribution in [0.25, 0.3) is 0 Å². The second kappa shape index (κ2) is 8.93. The number of ether oxygens (including phenoxy) is 2. The topological polar surface area (TPSA) is 69.2 Å². The van der Waals surface area contributed by atoms with E-state index >= 15 is 0 Å². The number of hydrogen-bond acceptors (Lipinski definition) is 5. The molecule has 2 aromatic rings. The number of nitrogens with one attached hydrogen (secondary N) is 1. The van der Waals surface area contributed by atoms with Gasteiger partial charge in [-0.25, -0.2) is 0 Å². The molecule has 6 nitrogen and oxygen atoms in total. The summed E-state index contributed by atoms with van der Waals surface area (Å²) in [6, 6.07) is 12.6. The van der Waals surface area contributed by atoms with E-state index in [4.69, 9.17) is 14.3 Å². The summed E-state index contributed by atoms with van der Waals surface area (Å²) in [4.78, 5) is 16.8. The number of anilines is 1. The lowest BCUT2D eigenvalue weighted by atomic mass is 10.2. The Labute approximate surface area is 148 Å². The lowest BCUT2D eigenvalue weighted by molar-refractivity contribution is -0.120. The molecule has 2 rings (SSSR count). The lowest BCUT2D eigenvalue weighted by Crippen LogP contribution is -2.16. The van der Waals surface area contributed by atoms with Gasteiger partial charge < -0.3 is 19.6 Å². The molecule has 0 aliphatic carbocycles. The monoisotopic (exact) mass is 392 g/mol. The fraction of sp³-hybridized carbons (Fsp3) is 0.176. The first kappa shape index (κ1) is 17.8. The van der Waals surface area contributed by atoms with Crippen molar-refractivity contribution in [3.63, 3.8) is 0 Å². The van der Waals surface area contributed by atoms with Crippen molar-refractivity contribution < 1.29 is 19.1 Å². The molecular weight excluding hydrogens is 376 g/mol. The van der Waals surface area contributed by atoms with E-state index in [0.29, 0.717) is 17.2 Å². The molecule has 0 fully saturated rings. The van der Waals surface area contributed by atoms with Crippen LogP contribution < -0.4 is 14.8 Å². The molecule has 0 heterocycles. The van der Waals surface area contributed by atoms with Crippen molar-refractivity contribution in [1.29, 1.82) is 0 Å². The van der Waals surface area contributed by atoms with Gasteiger partial charge in [-0.3, -0.25) is 4.79 Å². The first-order valence-electron chi connectivity index (χ1n) is 7.05. The Morgan fingerprint density at radius 1 is 1.17 bits per heavy atom. The van der Waals surface area contributed by atoms with Gasteiger partial charge in [-0.05, 0) is 36.4 Å². The van der Waals surface area contributed by atoms with Gasteiger partial charge in [0.05, 0.1) is 20.4 Å². The van der Waals surface area contributed by atoms with Gasteiger partial charge in [-0.15, -0.1) is 0 Å². The molecule has 0 aliphatic heterocycles. The number of carbonyl (C=O) groups is 1. The van der Waals surface area contributed by atoms with Gasteiger partial charge >= 0.3 is 0 Å². The summed E-state index contributed by atoms with van der Waals surface area (Å²) in [6.07, 6.45) is 1.49. The molecule has 0 atom stereocenters. The van der Waals surface area contributed by atoms with E-state index in [0.717, 1.165) is 10.0 Å². The highest BCUT2D eigenvalue weighted by Crippen LogP contribution is 2.26. The normalized spacial score (nSPS) is 10.5. The molecule has 1 N–H and O–H groups in total. The van der Waals surface area contributed by atoms with Crippen LogP contribution in [0.3, 0.4) is 0 Å². The standard InChI is InChI=1S/C17H17BrN2O4/c1-22-15-7-6-12(8-16(15)23-2)10-19-24-11-17(21)20-14-5-3-4-13(18)9-14/h3-10H,11H2,1-2H3,(H,20,21)/b19-10+. The van der Waals surface area contributed by atoms with E-state index in [2.05, 4.69) is 26.4 Å². The van der Waals surface area contributed by atoms with Crippen LogP contribution in [-0.4, -0.2) is 32.9 Å². The third-order valence-electron chi connectivity index (χ3n) is 2.99. The molecule has 0 bridgehead atoms. The maximum Gasteiger partial charge on any atom is 0.265 e. The van der Waals surface area contributed by atoms with Crippen molar-refractivity contribution in [2.75, 3.05) is 26.1 Å². The molecule has 0 saturated carbocycles. The average molecular weight is 393 g/mol. The van der Waals surface area contributed by atoms with E-state index in [9.17, 15) is 4.79 Å². The Hall–Kier alpha value is -2.54. The molecule has 0 unspecified atom stereocenters. The summed E-state index contributed by atoms with van der Waals surface area (Å²) in [6.45, 7) is -0.184. The highest BCUT2D eigenvalue weighted by molar-refractivity contribution is 9.10. The molecule has 2 aromatic carbocycles. The second-order valence-electron chi connectivity index (χ2n) is 4.68. The third kappa shape index (κ3) is 5.27. The quantitative estimate of drug-likeness (QED) is 0.578. The second-order valence-corrected chi connectivity index (χ2v) is 5.60. The van der Waals surface area contributed by atoms with Gasteiger partial charge in [0.2, 0.25) is 0 Å². The van der Waals surface area contributed by atoms with E-state index in [1.165, 1.54) is 6.21 Å². The number of methoxy groups -OCH3 is 2. The zero-order valence-electron chi connectivity index (χ0n) is 13.3. The van der Waals surface area contributed by atoms with Crippen LogP contribution in [0.5, 0.6) is 11.5 Å². The smallest absolute Gasteiger partial charge is 0.265 e. The number of carbonyl (C=O) groups excluding carboxylic acids is 1. The maximum atomic E-state index is 11.8. The first-order chi connectivity index (χ1) is 11.6. The zero-order valence-corrected chi connectivity index (χ0v) is 14.9. The largest absolute Gasteiger partial charge is 0.493 e. The molecule has 0 aromatic heterocycles. The minimum atomic E-state index is -0.294. The summed E-state index contributed by atoms with van der Waals surface area (Å²) >= 11 is 3.34. The van der Waals surface area contributed by atoms with Crippen molar-refractivity contribution >= 4 is 33.7 Å². The van der Waals surface area contributed by atoms with Gasteiger partial charge in [0.1, 0.15) is 0 Å². The van der Waals surface area contributed by atoms with Crippen LogP contribution in [-0.2, 0) is 9.63 Å². The molecule has 0 saturated heterocycles. The third-order valence-corrected chi connectivity index (χ3v) is 3.48. The highest BCUT2D eigenvalue weighted by atomic mass is 79.9. The van der Waals surface area contributed by atoms with Crippen LogP contribution in [0.15, 0.2) is 52.1 Å². The fourth-order valence-electron chi connectivity index (χ4n) is 1.89. The summed E-state index contributed by atoms with van der Waals surface area (Å²) < 4.78 is 11.2. The summed E-state index contributed by atoms with van der Waals surface area (Å²) in [7, 11) is 3.13. The lowest BCUT2D eigenvalue weighted by Gasteiger charge is -2.07. The maximum absolute atomic E-state index is 11.8. The van der Waals surface area contributed by atoms with Crippen LogP contribution in [0.1, 0.15) is 5.56 Å². The molecule has 24 heavy (non-hydrogen) atoms. The Balaban J connectivity index is 1.85. The van der Waals surface area contributed by atoms with Crippen molar-refractivity contribution in [1.82, 2.24) is 0 Å². The Bertz CT molecular complexity index is 734. The Morgan fingerprint density at radius 3 is 2.67 bits per heavy atom. The van der Waals surface area contributed by atoms with Crippen LogP contribution in [0.4, 0.5) is 5.69 Å². The predicted molar refractivity (Wildman–Crippen MR) is 95.9 cm³/mol. The molecule has 7 heteroatoms. The molecule has 0 aliphatic rings. The molecule has 1 amide bonds. The average Bonchev–Trinajstić information content (AvgIpc) is 2.58. The number of nitrogens with zero attached hydrogens (tertiary/aromatic N) is 1. The van der Waals surface area contributed by atoms with E-state index < -0.39 is 0 Å². The SMILES string of the molecule is COc1ccc(/C=N/OCC(=O)Nc2cccc(Br)c2)cc1OC. The number of oxime groups is 1. The van der Waals surface area contributed by atoms with Crippen LogP contribution >= 0.6 is 15.9 Å². The number of halogens is 1. The zero-order chi connectivity index (χ0) is 17.4. The van der Waals surface area contributed by atoms with E-state index in [-0.39, 0.29) is 12.5 Å². The number of amides is 1. The summed E-state index contributed by atoms with van der Waals surface area (Å²) in [5.74, 6) is 0.926. The molecule has 0 radical (unpaired) electrons. The minimum absolute atomic E-state index is 0.184. The molecular formula is C17H17BrN2O4. The van der Waals surface area contributed by atoms with Gasteiger partial charge in [0.15, 0.2) is 18.1 Å². The summed E-state index contributed by atoms with van der Waals surface area (Å²) in [5, 5.41) is 6.49. The van der Waals surface area contributed by atoms with Gasteiger partial charge in [0, 0.05) is 15.7 Å². The minimum Gasteiger partial charge on any atom is -0.493 e. The highest BCUT2D eigenvalue weighted by Gasteiger charge is 2.04. The van der Waals surface area contributed by atoms with Crippen molar-refractivity contribution in [2.45, 2.75) is 0 Å². The van der Waals surface area contributed by atoms with Crippen molar-refractivity contribution in [3.05, 3.63) is 52.5 Å². The Morgan fingerprint density at radius 2 is 1.96 bits per heavy atom.